The second kappa shape index (κ2) is 7.33. The molecule has 0 saturated heterocycles. The van der Waals surface area contributed by atoms with Gasteiger partial charge in [-0.25, -0.2) is 0 Å². The van der Waals surface area contributed by atoms with Crippen molar-refractivity contribution in [3.63, 3.8) is 0 Å². The smallest absolute Gasteiger partial charge is 0.299 e. The molecule has 1 aromatic heterocycles. The number of rotatable bonds is 6. The average Bonchev–Trinajstić information content (AvgIpc) is 2.86. The van der Waals surface area contributed by atoms with Gasteiger partial charge in [-0.05, 0) is 72.5 Å². The van der Waals surface area contributed by atoms with Gasteiger partial charge >= 0.3 is 0 Å². The van der Waals surface area contributed by atoms with Crippen molar-refractivity contribution < 1.29 is 4.74 Å². The molecule has 0 bridgehead atoms. The van der Waals surface area contributed by atoms with Crippen LogP contribution in [0.2, 0.25) is 0 Å². The third-order valence-electron chi connectivity index (χ3n) is 3.52. The molecular formula is C15H20BrN3OS. The predicted molar refractivity (Wildman–Crippen MR) is 90.5 cm³/mol. The van der Waals surface area contributed by atoms with Crippen molar-refractivity contribution in [2.24, 2.45) is 0 Å². The van der Waals surface area contributed by atoms with Gasteiger partial charge in [0, 0.05) is 18.1 Å². The first-order valence-electron chi connectivity index (χ1n) is 6.95. The molecule has 0 fully saturated rings. The Labute approximate surface area is 138 Å². The van der Waals surface area contributed by atoms with Crippen molar-refractivity contribution in [3.05, 3.63) is 33.6 Å². The van der Waals surface area contributed by atoms with Crippen molar-refractivity contribution >= 4 is 27.5 Å². The van der Waals surface area contributed by atoms with E-state index in [1.165, 1.54) is 22.7 Å². The number of ether oxygens (including phenoxy) is 1. The highest BCUT2D eigenvalue weighted by Crippen LogP contribution is 2.29. The first kappa shape index (κ1) is 16.4. The van der Waals surface area contributed by atoms with Crippen LogP contribution in [0.15, 0.2) is 16.9 Å². The number of nitrogens with zero attached hydrogens (tertiary/aromatic N) is 3. The highest BCUT2D eigenvalue weighted by Gasteiger charge is 2.10. The number of benzene rings is 1. The van der Waals surface area contributed by atoms with E-state index in [0.29, 0.717) is 9.93 Å². The lowest BCUT2D eigenvalue weighted by atomic mass is 10.0. The van der Waals surface area contributed by atoms with Crippen LogP contribution in [0.4, 0.5) is 0 Å². The molecule has 6 heteroatoms. The number of aryl methyl sites for hydroxylation is 2. The van der Waals surface area contributed by atoms with Crippen LogP contribution in [-0.4, -0.2) is 34.4 Å². The molecule has 1 aromatic carbocycles. The molecule has 114 valence electrons. The SMILES string of the molecule is CCN(C)CCc1cc(C)c(Oc2nc(Br)ns2)cc1C. The maximum absolute atomic E-state index is 5.82. The summed E-state index contributed by atoms with van der Waals surface area (Å²) in [4.78, 5) is 6.48. The minimum atomic E-state index is 0.558. The van der Waals surface area contributed by atoms with Crippen molar-refractivity contribution in [2.45, 2.75) is 27.2 Å². The maximum atomic E-state index is 5.82. The summed E-state index contributed by atoms with van der Waals surface area (Å²) in [6.07, 6.45) is 1.06. The van der Waals surface area contributed by atoms with E-state index in [2.05, 4.69) is 70.1 Å². The Kier molecular flexibility index (Phi) is 5.72. The van der Waals surface area contributed by atoms with Crippen LogP contribution in [0.25, 0.3) is 0 Å². The Balaban J connectivity index is 2.12. The van der Waals surface area contributed by atoms with E-state index >= 15 is 0 Å². The molecule has 1 heterocycles. The Morgan fingerprint density at radius 2 is 2.05 bits per heavy atom. The highest BCUT2D eigenvalue weighted by atomic mass is 79.9. The zero-order chi connectivity index (χ0) is 15.4. The maximum Gasteiger partial charge on any atom is 0.299 e. The molecule has 0 N–H and O–H groups in total. The van der Waals surface area contributed by atoms with Gasteiger partial charge in [0.2, 0.25) is 4.73 Å². The van der Waals surface area contributed by atoms with Gasteiger partial charge in [-0.1, -0.05) is 13.0 Å². The molecule has 0 aliphatic rings. The van der Waals surface area contributed by atoms with E-state index in [1.807, 2.05) is 0 Å². The Morgan fingerprint density at radius 1 is 1.29 bits per heavy atom. The first-order chi connectivity index (χ1) is 9.99. The van der Waals surface area contributed by atoms with E-state index in [9.17, 15) is 0 Å². The number of aromatic nitrogens is 2. The van der Waals surface area contributed by atoms with E-state index in [0.717, 1.165) is 30.8 Å². The first-order valence-corrected chi connectivity index (χ1v) is 8.52. The molecule has 2 aromatic rings. The Morgan fingerprint density at radius 3 is 2.67 bits per heavy atom. The van der Waals surface area contributed by atoms with E-state index in [4.69, 9.17) is 4.74 Å². The lowest BCUT2D eigenvalue weighted by molar-refractivity contribution is 0.357. The van der Waals surface area contributed by atoms with Crippen LogP contribution in [0, 0.1) is 13.8 Å². The summed E-state index contributed by atoms with van der Waals surface area (Å²) < 4.78 is 10.4. The number of hydrogen-bond acceptors (Lipinski definition) is 5. The quantitative estimate of drug-likeness (QED) is 0.764. The zero-order valence-corrected chi connectivity index (χ0v) is 15.2. The average molecular weight is 370 g/mol. The van der Waals surface area contributed by atoms with Gasteiger partial charge in [-0.3, -0.25) is 0 Å². The van der Waals surface area contributed by atoms with Gasteiger partial charge in [0.15, 0.2) is 0 Å². The summed E-state index contributed by atoms with van der Waals surface area (Å²) in [5.74, 6) is 0.851. The third kappa shape index (κ3) is 4.49. The summed E-state index contributed by atoms with van der Waals surface area (Å²) in [5, 5.41) is 0.558. The molecule has 0 radical (unpaired) electrons. The molecule has 4 nitrogen and oxygen atoms in total. The fourth-order valence-corrected chi connectivity index (χ4v) is 2.97. The van der Waals surface area contributed by atoms with E-state index in [1.54, 1.807) is 0 Å². The lowest BCUT2D eigenvalue weighted by Gasteiger charge is -2.16. The van der Waals surface area contributed by atoms with Crippen molar-refractivity contribution in [1.82, 2.24) is 14.3 Å². The van der Waals surface area contributed by atoms with Crippen LogP contribution in [0.1, 0.15) is 23.6 Å². The highest BCUT2D eigenvalue weighted by molar-refractivity contribution is 9.10. The molecule has 0 atom stereocenters. The van der Waals surface area contributed by atoms with Crippen LogP contribution in [0.5, 0.6) is 10.9 Å². The standard InChI is InChI=1S/C15H20BrN3OS/c1-5-19(4)7-6-12-8-11(3)13(9-10(12)2)20-15-17-14(16)18-21-15/h8-9H,5-7H2,1-4H3. The molecule has 0 spiro atoms. The van der Waals surface area contributed by atoms with Crippen molar-refractivity contribution in [1.29, 1.82) is 0 Å². The monoisotopic (exact) mass is 369 g/mol. The predicted octanol–water partition coefficient (Wildman–Crippen LogP) is 4.20. The second-order valence-electron chi connectivity index (χ2n) is 5.12. The van der Waals surface area contributed by atoms with Gasteiger partial charge in [0.25, 0.3) is 5.19 Å². The molecule has 0 unspecified atom stereocenters. The Bertz CT molecular complexity index is 615. The summed E-state index contributed by atoms with van der Waals surface area (Å²) >= 11 is 4.48. The van der Waals surface area contributed by atoms with Crippen LogP contribution < -0.4 is 4.74 Å². The third-order valence-corrected chi connectivity index (χ3v) is 4.70. The molecule has 0 amide bonds. The van der Waals surface area contributed by atoms with Gasteiger partial charge in [0.1, 0.15) is 5.75 Å². The Hall–Kier alpha value is -0.980. The number of halogens is 1. The van der Waals surface area contributed by atoms with E-state index < -0.39 is 0 Å². The van der Waals surface area contributed by atoms with Crippen molar-refractivity contribution in [2.75, 3.05) is 20.1 Å². The van der Waals surface area contributed by atoms with Crippen LogP contribution in [-0.2, 0) is 6.42 Å². The summed E-state index contributed by atoms with van der Waals surface area (Å²) in [5.41, 5.74) is 3.75. The zero-order valence-electron chi connectivity index (χ0n) is 12.8. The summed E-state index contributed by atoms with van der Waals surface area (Å²) in [6, 6.07) is 4.30. The van der Waals surface area contributed by atoms with Gasteiger partial charge < -0.3 is 9.64 Å². The molecule has 0 aliphatic heterocycles. The largest absolute Gasteiger partial charge is 0.430 e. The minimum Gasteiger partial charge on any atom is -0.430 e. The lowest BCUT2D eigenvalue weighted by Crippen LogP contribution is -2.20. The summed E-state index contributed by atoms with van der Waals surface area (Å²) in [6.45, 7) is 8.52. The van der Waals surface area contributed by atoms with Gasteiger partial charge in [-0.15, -0.1) is 0 Å². The number of likely N-dealkylation sites (N-methyl/N-ethyl adjacent to an activating group) is 1. The molecule has 21 heavy (non-hydrogen) atoms. The summed E-state index contributed by atoms with van der Waals surface area (Å²) in [7, 11) is 2.15. The molecule has 0 saturated carbocycles. The van der Waals surface area contributed by atoms with Gasteiger partial charge in [-0.2, -0.15) is 9.36 Å². The topological polar surface area (TPSA) is 38.2 Å². The second-order valence-corrected chi connectivity index (χ2v) is 6.55. The van der Waals surface area contributed by atoms with E-state index in [-0.39, 0.29) is 0 Å². The molecule has 2 rings (SSSR count). The fourth-order valence-electron chi connectivity index (χ4n) is 2.03. The fraction of sp³-hybridized carbons (Fsp3) is 0.467. The molecule has 0 aliphatic carbocycles. The number of hydrogen-bond donors (Lipinski definition) is 0. The van der Waals surface area contributed by atoms with Gasteiger partial charge in [0.05, 0.1) is 0 Å². The van der Waals surface area contributed by atoms with Crippen molar-refractivity contribution in [3.8, 4) is 10.9 Å². The minimum absolute atomic E-state index is 0.558. The molecular weight excluding hydrogens is 350 g/mol. The van der Waals surface area contributed by atoms with Crippen LogP contribution in [0.3, 0.4) is 0 Å². The van der Waals surface area contributed by atoms with Crippen LogP contribution >= 0.6 is 27.5 Å². The normalized spacial score (nSPS) is 11.1.